The summed E-state index contributed by atoms with van der Waals surface area (Å²) in [4.78, 5) is 9.29. The summed E-state index contributed by atoms with van der Waals surface area (Å²) in [5.74, 6) is 1.76. The van der Waals surface area contributed by atoms with E-state index in [4.69, 9.17) is 4.42 Å². The Labute approximate surface area is 151 Å². The fraction of sp³-hybridized carbons (Fsp3) is 0.263. The van der Waals surface area contributed by atoms with Gasteiger partial charge in [0.2, 0.25) is 0 Å². The Hall–Kier alpha value is -2.60. The number of aromatic nitrogens is 1. The molecule has 0 aliphatic heterocycles. The van der Waals surface area contributed by atoms with Gasteiger partial charge in [0.15, 0.2) is 5.96 Å². The van der Waals surface area contributed by atoms with E-state index in [1.807, 2.05) is 30.3 Å². The highest BCUT2D eigenvalue weighted by Crippen LogP contribution is 2.23. The Morgan fingerprint density at radius 3 is 2.80 bits per heavy atom. The molecule has 130 valence electrons. The minimum Gasteiger partial charge on any atom is -0.469 e. The van der Waals surface area contributed by atoms with Crippen molar-refractivity contribution in [3.63, 3.8) is 0 Å². The van der Waals surface area contributed by atoms with E-state index in [0.717, 1.165) is 47.5 Å². The molecule has 5 nitrogen and oxygen atoms in total. The first-order valence-corrected chi connectivity index (χ1v) is 9.27. The minimum atomic E-state index is 0.555. The molecule has 0 atom stereocenters. The molecular formula is C19H22N4OS. The van der Waals surface area contributed by atoms with Crippen molar-refractivity contribution >= 4 is 17.3 Å². The lowest BCUT2D eigenvalue weighted by atomic mass is 10.2. The van der Waals surface area contributed by atoms with E-state index in [-0.39, 0.29) is 0 Å². The molecule has 0 bridgehead atoms. The molecule has 1 aromatic carbocycles. The molecule has 25 heavy (non-hydrogen) atoms. The fourth-order valence-corrected chi connectivity index (χ4v) is 3.17. The summed E-state index contributed by atoms with van der Waals surface area (Å²) >= 11 is 1.65. The van der Waals surface area contributed by atoms with E-state index in [1.165, 1.54) is 0 Å². The first-order chi connectivity index (χ1) is 12.3. The summed E-state index contributed by atoms with van der Waals surface area (Å²) in [7, 11) is 0. The lowest BCUT2D eigenvalue weighted by Crippen LogP contribution is -2.38. The van der Waals surface area contributed by atoms with Crippen LogP contribution in [0.4, 0.5) is 0 Å². The molecule has 2 aromatic heterocycles. The van der Waals surface area contributed by atoms with Crippen molar-refractivity contribution in [3.8, 4) is 10.6 Å². The molecule has 0 amide bonds. The first-order valence-electron chi connectivity index (χ1n) is 8.39. The van der Waals surface area contributed by atoms with Crippen molar-refractivity contribution in [1.82, 2.24) is 15.6 Å². The molecule has 2 heterocycles. The van der Waals surface area contributed by atoms with Gasteiger partial charge in [-0.3, -0.25) is 0 Å². The van der Waals surface area contributed by atoms with Gasteiger partial charge in [0.25, 0.3) is 0 Å². The highest BCUT2D eigenvalue weighted by Gasteiger charge is 2.05. The molecule has 3 aromatic rings. The van der Waals surface area contributed by atoms with Crippen molar-refractivity contribution < 1.29 is 4.42 Å². The van der Waals surface area contributed by atoms with Crippen LogP contribution in [0.5, 0.6) is 0 Å². The lowest BCUT2D eigenvalue weighted by molar-refractivity contribution is 0.507. The van der Waals surface area contributed by atoms with E-state index < -0.39 is 0 Å². The molecule has 0 aliphatic rings. The van der Waals surface area contributed by atoms with Gasteiger partial charge in [0.1, 0.15) is 10.8 Å². The summed E-state index contributed by atoms with van der Waals surface area (Å²) in [5, 5.41) is 9.67. The van der Waals surface area contributed by atoms with Crippen LogP contribution in [0.25, 0.3) is 10.6 Å². The predicted octanol–water partition coefficient (Wildman–Crippen LogP) is 3.70. The van der Waals surface area contributed by atoms with Crippen LogP contribution < -0.4 is 10.6 Å². The number of hydrogen-bond donors (Lipinski definition) is 2. The van der Waals surface area contributed by atoms with E-state index >= 15 is 0 Å². The van der Waals surface area contributed by atoms with Gasteiger partial charge in [0.05, 0.1) is 18.5 Å². The standard InChI is InChI=1S/C19H22N4OS/c1-2-20-19(21-11-10-17-9-6-12-24-17)22-13-16-14-25-18(23-16)15-7-4-3-5-8-15/h3-9,12,14H,2,10-11,13H2,1H3,(H2,20,21,22). The van der Waals surface area contributed by atoms with Crippen LogP contribution in [-0.2, 0) is 13.0 Å². The molecule has 0 saturated carbocycles. The third-order valence-electron chi connectivity index (χ3n) is 3.56. The number of benzene rings is 1. The molecule has 2 N–H and O–H groups in total. The fourth-order valence-electron chi connectivity index (χ4n) is 2.35. The number of furan rings is 1. The monoisotopic (exact) mass is 354 g/mol. The Balaban J connectivity index is 1.56. The summed E-state index contributed by atoms with van der Waals surface area (Å²) in [6.45, 7) is 4.20. The number of guanidine groups is 1. The van der Waals surface area contributed by atoms with E-state index in [0.29, 0.717) is 6.54 Å². The van der Waals surface area contributed by atoms with E-state index in [1.54, 1.807) is 17.6 Å². The minimum absolute atomic E-state index is 0.555. The van der Waals surface area contributed by atoms with Crippen LogP contribution in [0.15, 0.2) is 63.5 Å². The van der Waals surface area contributed by atoms with Crippen LogP contribution in [0.2, 0.25) is 0 Å². The molecule has 0 fully saturated rings. The second-order valence-corrected chi connectivity index (χ2v) is 6.32. The third kappa shape index (κ3) is 5.19. The topological polar surface area (TPSA) is 62.5 Å². The molecule has 0 unspecified atom stereocenters. The van der Waals surface area contributed by atoms with Crippen molar-refractivity contribution in [1.29, 1.82) is 0 Å². The lowest BCUT2D eigenvalue weighted by Gasteiger charge is -2.10. The quantitative estimate of drug-likeness (QED) is 0.502. The van der Waals surface area contributed by atoms with Gasteiger partial charge < -0.3 is 15.1 Å². The maximum Gasteiger partial charge on any atom is 0.191 e. The zero-order valence-corrected chi connectivity index (χ0v) is 15.1. The van der Waals surface area contributed by atoms with Crippen molar-refractivity contribution in [2.24, 2.45) is 4.99 Å². The van der Waals surface area contributed by atoms with Gasteiger partial charge in [-0.1, -0.05) is 30.3 Å². The number of aliphatic imine (C=N–C) groups is 1. The van der Waals surface area contributed by atoms with Gasteiger partial charge in [-0.05, 0) is 19.1 Å². The summed E-state index contributed by atoms with van der Waals surface area (Å²) in [6.07, 6.45) is 2.52. The number of nitrogens with zero attached hydrogens (tertiary/aromatic N) is 2. The SMILES string of the molecule is CCNC(=NCc1csc(-c2ccccc2)n1)NCCc1ccco1. The Bertz CT molecular complexity index is 781. The predicted molar refractivity (Wildman–Crippen MR) is 103 cm³/mol. The largest absolute Gasteiger partial charge is 0.469 e. The Morgan fingerprint density at radius 2 is 2.04 bits per heavy atom. The highest BCUT2D eigenvalue weighted by molar-refractivity contribution is 7.13. The molecule has 0 radical (unpaired) electrons. The average molecular weight is 354 g/mol. The molecule has 0 saturated heterocycles. The molecule has 0 spiro atoms. The number of nitrogens with one attached hydrogen (secondary N) is 2. The molecular weight excluding hydrogens is 332 g/mol. The normalized spacial score (nSPS) is 11.5. The summed E-state index contributed by atoms with van der Waals surface area (Å²) in [5.41, 5.74) is 2.12. The van der Waals surface area contributed by atoms with Crippen molar-refractivity contribution in [3.05, 3.63) is 65.6 Å². The van der Waals surface area contributed by atoms with Crippen LogP contribution in [0.3, 0.4) is 0 Å². The zero-order chi connectivity index (χ0) is 17.3. The summed E-state index contributed by atoms with van der Waals surface area (Å²) < 4.78 is 5.34. The zero-order valence-electron chi connectivity index (χ0n) is 14.2. The molecule has 6 heteroatoms. The third-order valence-corrected chi connectivity index (χ3v) is 4.50. The highest BCUT2D eigenvalue weighted by atomic mass is 32.1. The number of thiazole rings is 1. The Morgan fingerprint density at radius 1 is 1.16 bits per heavy atom. The van der Waals surface area contributed by atoms with Gasteiger partial charge in [-0.2, -0.15) is 0 Å². The van der Waals surface area contributed by atoms with E-state index in [9.17, 15) is 0 Å². The second kappa shape index (κ2) is 9.03. The average Bonchev–Trinajstić information content (AvgIpc) is 3.32. The van der Waals surface area contributed by atoms with E-state index in [2.05, 4.69) is 45.0 Å². The van der Waals surface area contributed by atoms with Crippen LogP contribution in [0.1, 0.15) is 18.4 Å². The number of hydrogen-bond acceptors (Lipinski definition) is 4. The smallest absolute Gasteiger partial charge is 0.191 e. The summed E-state index contributed by atoms with van der Waals surface area (Å²) in [6, 6.07) is 14.1. The van der Waals surface area contributed by atoms with Gasteiger partial charge in [0, 0.05) is 30.5 Å². The first kappa shape index (κ1) is 17.2. The van der Waals surface area contributed by atoms with Crippen LogP contribution in [0, 0.1) is 0 Å². The van der Waals surface area contributed by atoms with Crippen molar-refractivity contribution in [2.45, 2.75) is 19.9 Å². The van der Waals surface area contributed by atoms with Crippen molar-refractivity contribution in [2.75, 3.05) is 13.1 Å². The maximum atomic E-state index is 5.34. The second-order valence-electron chi connectivity index (χ2n) is 5.46. The number of rotatable bonds is 7. The van der Waals surface area contributed by atoms with Gasteiger partial charge >= 0.3 is 0 Å². The Kier molecular flexibility index (Phi) is 6.23. The van der Waals surface area contributed by atoms with Crippen LogP contribution >= 0.6 is 11.3 Å². The van der Waals surface area contributed by atoms with Gasteiger partial charge in [-0.15, -0.1) is 11.3 Å². The van der Waals surface area contributed by atoms with Crippen LogP contribution in [-0.4, -0.2) is 24.0 Å². The molecule has 3 rings (SSSR count). The maximum absolute atomic E-state index is 5.34. The molecule has 0 aliphatic carbocycles. The van der Waals surface area contributed by atoms with Gasteiger partial charge in [-0.25, -0.2) is 9.98 Å².